The van der Waals surface area contributed by atoms with Gasteiger partial charge < -0.3 is 15.4 Å². The zero-order valence-electron chi connectivity index (χ0n) is 12.4. The minimum absolute atomic E-state index is 0. The van der Waals surface area contributed by atoms with Crippen molar-refractivity contribution >= 4 is 35.6 Å². The van der Waals surface area contributed by atoms with Crippen molar-refractivity contribution in [2.45, 2.75) is 25.5 Å². The molecule has 1 saturated heterocycles. The molecule has 0 spiro atoms. The molecule has 1 aliphatic rings. The van der Waals surface area contributed by atoms with Gasteiger partial charge in [0.05, 0.1) is 11.0 Å². The lowest BCUT2D eigenvalue weighted by molar-refractivity contribution is -0.384. The number of hydrogen-bond acceptors (Lipinski definition) is 4. The van der Waals surface area contributed by atoms with E-state index in [2.05, 4.69) is 15.6 Å². The molecule has 1 fully saturated rings. The molecule has 1 heterocycles. The van der Waals surface area contributed by atoms with E-state index in [0.29, 0.717) is 19.0 Å². The van der Waals surface area contributed by atoms with E-state index >= 15 is 0 Å². The number of nitro groups is 1. The number of rotatable bonds is 5. The molecule has 0 saturated carbocycles. The number of ether oxygens (including phenoxy) is 1. The van der Waals surface area contributed by atoms with Crippen LogP contribution in [0.1, 0.15) is 18.4 Å². The molecule has 2 rings (SSSR count). The van der Waals surface area contributed by atoms with Crippen molar-refractivity contribution in [1.29, 1.82) is 0 Å². The number of halogens is 1. The molecule has 22 heavy (non-hydrogen) atoms. The molecular formula is C14H21IN4O3. The zero-order valence-corrected chi connectivity index (χ0v) is 14.8. The Labute approximate surface area is 146 Å². The highest BCUT2D eigenvalue weighted by Crippen LogP contribution is 2.13. The summed E-state index contributed by atoms with van der Waals surface area (Å²) in [5.74, 6) is 0.664. The first-order valence-electron chi connectivity index (χ1n) is 6.98. The van der Waals surface area contributed by atoms with Crippen LogP contribution < -0.4 is 10.6 Å². The number of guanidine groups is 1. The van der Waals surface area contributed by atoms with E-state index < -0.39 is 4.92 Å². The van der Waals surface area contributed by atoms with Gasteiger partial charge in [-0.3, -0.25) is 15.1 Å². The predicted molar refractivity (Wildman–Crippen MR) is 95.7 cm³/mol. The number of nitro benzene ring substituents is 1. The van der Waals surface area contributed by atoms with E-state index in [0.717, 1.165) is 25.0 Å². The minimum Gasteiger partial charge on any atom is -0.376 e. The van der Waals surface area contributed by atoms with Crippen molar-refractivity contribution < 1.29 is 9.66 Å². The molecule has 0 amide bonds. The van der Waals surface area contributed by atoms with Crippen LogP contribution in [-0.2, 0) is 11.3 Å². The highest BCUT2D eigenvalue weighted by molar-refractivity contribution is 14.0. The molecule has 1 unspecified atom stereocenters. The van der Waals surface area contributed by atoms with Crippen LogP contribution in [0.2, 0.25) is 0 Å². The maximum absolute atomic E-state index is 10.7. The maximum Gasteiger partial charge on any atom is 0.269 e. The van der Waals surface area contributed by atoms with Crippen LogP contribution in [0.3, 0.4) is 0 Å². The molecular weight excluding hydrogens is 399 g/mol. The number of non-ortho nitro benzene ring substituents is 1. The molecule has 7 nitrogen and oxygen atoms in total. The maximum atomic E-state index is 10.7. The van der Waals surface area contributed by atoms with Crippen LogP contribution in [0.25, 0.3) is 0 Å². The fourth-order valence-electron chi connectivity index (χ4n) is 2.20. The second kappa shape index (κ2) is 9.57. The van der Waals surface area contributed by atoms with Crippen LogP contribution in [0.4, 0.5) is 5.69 Å². The molecule has 8 heteroatoms. The van der Waals surface area contributed by atoms with Gasteiger partial charge in [0, 0.05) is 38.9 Å². The van der Waals surface area contributed by atoms with Crippen molar-refractivity contribution in [2.75, 3.05) is 20.2 Å². The summed E-state index contributed by atoms with van der Waals surface area (Å²) in [7, 11) is 1.69. The number of aliphatic imine (C=N–C) groups is 1. The monoisotopic (exact) mass is 420 g/mol. The van der Waals surface area contributed by atoms with Gasteiger partial charge in [-0.25, -0.2) is 0 Å². The van der Waals surface area contributed by atoms with Crippen molar-refractivity contribution in [1.82, 2.24) is 10.6 Å². The molecule has 0 aromatic heterocycles. The van der Waals surface area contributed by atoms with Crippen LogP contribution in [0, 0.1) is 10.1 Å². The standard InChI is InChI=1S/C14H20N4O3.HI/c1-15-14(17-10-13-6-3-7-21-13)16-9-11-4-2-5-12(8-11)18(19)20;/h2,4-5,8,13H,3,6-7,9-10H2,1H3,(H2,15,16,17);1H. The Morgan fingerprint density at radius 2 is 2.32 bits per heavy atom. The normalized spacial score (nSPS) is 17.7. The van der Waals surface area contributed by atoms with Gasteiger partial charge in [0.25, 0.3) is 5.69 Å². The first-order valence-corrected chi connectivity index (χ1v) is 6.98. The van der Waals surface area contributed by atoms with E-state index in [4.69, 9.17) is 4.74 Å². The van der Waals surface area contributed by atoms with Crippen molar-refractivity contribution in [3.05, 3.63) is 39.9 Å². The van der Waals surface area contributed by atoms with Crippen molar-refractivity contribution in [3.8, 4) is 0 Å². The van der Waals surface area contributed by atoms with E-state index in [-0.39, 0.29) is 35.8 Å². The third kappa shape index (κ3) is 5.76. The highest BCUT2D eigenvalue weighted by Gasteiger charge is 2.15. The van der Waals surface area contributed by atoms with Crippen molar-refractivity contribution in [2.24, 2.45) is 4.99 Å². The van der Waals surface area contributed by atoms with Crippen LogP contribution in [0.5, 0.6) is 0 Å². The number of nitrogens with one attached hydrogen (secondary N) is 2. The number of benzene rings is 1. The highest BCUT2D eigenvalue weighted by atomic mass is 127. The van der Waals surface area contributed by atoms with Gasteiger partial charge in [-0.05, 0) is 18.4 Å². The van der Waals surface area contributed by atoms with Gasteiger partial charge in [0.1, 0.15) is 0 Å². The Bertz CT molecular complexity index is 519. The fraction of sp³-hybridized carbons (Fsp3) is 0.500. The Morgan fingerprint density at radius 3 is 2.95 bits per heavy atom. The topological polar surface area (TPSA) is 88.8 Å². The third-order valence-corrected chi connectivity index (χ3v) is 3.33. The Hall–Kier alpha value is -1.42. The molecule has 0 radical (unpaired) electrons. The first-order chi connectivity index (χ1) is 10.2. The minimum atomic E-state index is -0.395. The summed E-state index contributed by atoms with van der Waals surface area (Å²) < 4.78 is 5.53. The lowest BCUT2D eigenvalue weighted by Gasteiger charge is -2.15. The zero-order chi connectivity index (χ0) is 15.1. The SMILES string of the molecule is CN=C(NCc1cccc([N+](=O)[O-])c1)NCC1CCCO1.I. The summed E-state index contributed by atoms with van der Waals surface area (Å²) in [6, 6.07) is 6.55. The number of nitrogens with zero attached hydrogens (tertiary/aromatic N) is 2. The Kier molecular flexibility index (Phi) is 8.10. The molecule has 122 valence electrons. The smallest absolute Gasteiger partial charge is 0.269 e. The molecule has 1 atom stereocenters. The van der Waals surface area contributed by atoms with Crippen molar-refractivity contribution in [3.63, 3.8) is 0 Å². The Morgan fingerprint density at radius 1 is 1.50 bits per heavy atom. The average Bonchev–Trinajstić information content (AvgIpc) is 3.01. The van der Waals surface area contributed by atoms with E-state index in [1.54, 1.807) is 19.2 Å². The summed E-state index contributed by atoms with van der Waals surface area (Å²) in [6.07, 6.45) is 2.40. The molecule has 1 aliphatic heterocycles. The molecule has 0 aliphatic carbocycles. The third-order valence-electron chi connectivity index (χ3n) is 3.33. The first kappa shape index (κ1) is 18.6. The summed E-state index contributed by atoms with van der Waals surface area (Å²) >= 11 is 0. The predicted octanol–water partition coefficient (Wildman–Crippen LogP) is 2.06. The molecule has 1 aromatic rings. The fourth-order valence-corrected chi connectivity index (χ4v) is 2.20. The average molecular weight is 420 g/mol. The molecule has 2 N–H and O–H groups in total. The van der Waals surface area contributed by atoms with E-state index in [1.165, 1.54) is 6.07 Å². The summed E-state index contributed by atoms with van der Waals surface area (Å²) in [5, 5.41) is 17.1. The van der Waals surface area contributed by atoms with Gasteiger partial charge in [0.15, 0.2) is 5.96 Å². The van der Waals surface area contributed by atoms with Gasteiger partial charge in [-0.15, -0.1) is 24.0 Å². The second-order valence-electron chi connectivity index (χ2n) is 4.87. The van der Waals surface area contributed by atoms with Crippen LogP contribution in [-0.4, -0.2) is 37.2 Å². The summed E-state index contributed by atoms with van der Waals surface area (Å²) in [6.45, 7) is 2.02. The summed E-state index contributed by atoms with van der Waals surface area (Å²) in [4.78, 5) is 14.5. The van der Waals surface area contributed by atoms with Gasteiger partial charge in [0.2, 0.25) is 0 Å². The molecule has 1 aromatic carbocycles. The lowest BCUT2D eigenvalue weighted by atomic mass is 10.2. The summed E-state index contributed by atoms with van der Waals surface area (Å²) in [5.41, 5.74) is 0.931. The van der Waals surface area contributed by atoms with Gasteiger partial charge in [-0.1, -0.05) is 12.1 Å². The number of hydrogen-bond donors (Lipinski definition) is 2. The Balaban J connectivity index is 0.00000242. The van der Waals surface area contributed by atoms with E-state index in [9.17, 15) is 10.1 Å². The van der Waals surface area contributed by atoms with Crippen LogP contribution in [0.15, 0.2) is 29.3 Å². The van der Waals surface area contributed by atoms with Crippen LogP contribution >= 0.6 is 24.0 Å². The molecule has 0 bridgehead atoms. The second-order valence-corrected chi connectivity index (χ2v) is 4.87. The lowest BCUT2D eigenvalue weighted by Crippen LogP contribution is -2.40. The van der Waals surface area contributed by atoms with Gasteiger partial charge >= 0.3 is 0 Å². The van der Waals surface area contributed by atoms with Gasteiger partial charge in [-0.2, -0.15) is 0 Å². The largest absolute Gasteiger partial charge is 0.376 e. The quantitative estimate of drug-likeness (QED) is 0.250. The van der Waals surface area contributed by atoms with E-state index in [1.807, 2.05) is 6.07 Å².